The Labute approximate surface area is 456 Å². The summed E-state index contributed by atoms with van der Waals surface area (Å²) in [7, 11) is 0. The zero-order valence-corrected chi connectivity index (χ0v) is 48.1. The number of rotatable bonds is 54. The summed E-state index contributed by atoms with van der Waals surface area (Å²) in [6, 6.07) is 0. The third kappa shape index (κ3) is 58.7. The van der Waals surface area contributed by atoms with Crippen molar-refractivity contribution >= 4 is 17.9 Å². The van der Waals surface area contributed by atoms with Crippen LogP contribution in [0, 0.1) is 0 Å². The average molecular weight is 1030 g/mol. The van der Waals surface area contributed by atoms with E-state index in [9.17, 15) is 14.4 Å². The van der Waals surface area contributed by atoms with Crippen LogP contribution in [0.5, 0.6) is 0 Å². The number of hydrogen-bond donors (Lipinski definition) is 0. The van der Waals surface area contributed by atoms with Crippen LogP contribution in [0.2, 0.25) is 0 Å². The van der Waals surface area contributed by atoms with E-state index in [2.05, 4.69) is 142 Å². The van der Waals surface area contributed by atoms with Gasteiger partial charge >= 0.3 is 17.9 Å². The second kappa shape index (κ2) is 61.4. The largest absolute Gasteiger partial charge is 0.462 e. The molecule has 0 fully saturated rings. The summed E-state index contributed by atoms with van der Waals surface area (Å²) < 4.78 is 16.8. The zero-order chi connectivity index (χ0) is 53.6. The molecule has 0 rings (SSSR count). The molecule has 0 aliphatic carbocycles. The lowest BCUT2D eigenvalue weighted by molar-refractivity contribution is -0.167. The summed E-state index contributed by atoms with van der Waals surface area (Å²) in [6.07, 6.45) is 85.0. The van der Waals surface area contributed by atoms with Gasteiger partial charge in [-0.2, -0.15) is 0 Å². The number of carbonyl (C=O) groups excluding carboxylic acids is 3. The number of unbranched alkanes of at least 4 members (excludes halogenated alkanes) is 23. The highest BCUT2D eigenvalue weighted by molar-refractivity contribution is 5.71. The number of carbonyl (C=O) groups is 3. The minimum Gasteiger partial charge on any atom is -0.462 e. The second-order valence-corrected chi connectivity index (χ2v) is 19.9. The van der Waals surface area contributed by atoms with Crippen molar-refractivity contribution in [2.45, 2.75) is 277 Å². The molecule has 74 heavy (non-hydrogen) atoms. The van der Waals surface area contributed by atoms with Crippen LogP contribution in [-0.4, -0.2) is 37.2 Å². The van der Waals surface area contributed by atoms with Crippen molar-refractivity contribution < 1.29 is 28.6 Å². The van der Waals surface area contributed by atoms with E-state index < -0.39 is 6.10 Å². The molecular formula is C68H112O6. The van der Waals surface area contributed by atoms with Crippen molar-refractivity contribution in [1.29, 1.82) is 0 Å². The molecule has 1 atom stereocenters. The monoisotopic (exact) mass is 1020 g/mol. The first kappa shape index (κ1) is 69.8. The first-order valence-electron chi connectivity index (χ1n) is 30.5. The van der Waals surface area contributed by atoms with Crippen molar-refractivity contribution in [1.82, 2.24) is 0 Å². The second-order valence-electron chi connectivity index (χ2n) is 19.9. The Hall–Kier alpha value is -4.19. The van der Waals surface area contributed by atoms with Gasteiger partial charge < -0.3 is 14.2 Å². The van der Waals surface area contributed by atoms with E-state index in [1.165, 1.54) is 109 Å². The standard InChI is InChI=1S/C68H112O6/c1-4-7-10-13-16-19-21-23-25-27-28-29-30-31-32-33-34-35-36-37-38-39-40-42-43-45-47-49-52-55-58-61-67(70)73-64-65(63-72-66(69)60-57-54-51-18-15-12-9-6-3)74-68(71)62-59-56-53-50-48-46-44-41-26-24-22-20-17-14-11-8-5-2/h7,10,16,19,23-26,28-29,31-32,34-35,37-38,40,42,45,47,65H,4-6,8-9,11-15,17-18,20-22,27,30,33,36,39,41,43-44,46,48-64H2,1-3H3/b10-7-,19-16-,25-23-,26-24-,29-28-,32-31-,35-34-,38-37-,42-40-,47-45-. The highest BCUT2D eigenvalue weighted by Crippen LogP contribution is 2.14. The van der Waals surface area contributed by atoms with Crippen LogP contribution < -0.4 is 0 Å². The van der Waals surface area contributed by atoms with Crippen molar-refractivity contribution in [3.05, 3.63) is 122 Å². The molecule has 0 aliphatic heterocycles. The van der Waals surface area contributed by atoms with Gasteiger partial charge in [-0.15, -0.1) is 0 Å². The van der Waals surface area contributed by atoms with Gasteiger partial charge in [-0.1, -0.05) is 258 Å². The molecule has 0 saturated carbocycles. The van der Waals surface area contributed by atoms with E-state index in [-0.39, 0.29) is 31.1 Å². The molecule has 0 heterocycles. The van der Waals surface area contributed by atoms with Gasteiger partial charge in [0, 0.05) is 19.3 Å². The summed E-state index contributed by atoms with van der Waals surface area (Å²) >= 11 is 0. The molecule has 6 nitrogen and oxygen atoms in total. The predicted molar refractivity (Wildman–Crippen MR) is 320 cm³/mol. The van der Waals surface area contributed by atoms with Crippen LogP contribution in [0.4, 0.5) is 0 Å². The van der Waals surface area contributed by atoms with Crippen molar-refractivity contribution in [3.63, 3.8) is 0 Å². The van der Waals surface area contributed by atoms with Gasteiger partial charge in [-0.05, 0) is 116 Å². The van der Waals surface area contributed by atoms with Gasteiger partial charge in [0.1, 0.15) is 13.2 Å². The Morgan fingerprint density at radius 3 is 0.851 bits per heavy atom. The van der Waals surface area contributed by atoms with Crippen LogP contribution in [-0.2, 0) is 28.6 Å². The number of hydrogen-bond acceptors (Lipinski definition) is 6. The van der Waals surface area contributed by atoms with Gasteiger partial charge in [0.15, 0.2) is 6.10 Å². The first-order chi connectivity index (χ1) is 36.5. The first-order valence-corrected chi connectivity index (χ1v) is 30.5. The third-order valence-electron chi connectivity index (χ3n) is 12.7. The van der Waals surface area contributed by atoms with Gasteiger partial charge in [-0.25, -0.2) is 0 Å². The summed E-state index contributed by atoms with van der Waals surface area (Å²) in [4.78, 5) is 38.0. The Morgan fingerprint density at radius 1 is 0.284 bits per heavy atom. The van der Waals surface area contributed by atoms with Gasteiger partial charge in [-0.3, -0.25) is 14.4 Å². The van der Waals surface area contributed by atoms with E-state index in [0.29, 0.717) is 19.3 Å². The smallest absolute Gasteiger partial charge is 0.306 e. The zero-order valence-electron chi connectivity index (χ0n) is 48.1. The highest BCUT2D eigenvalue weighted by Gasteiger charge is 2.19. The fourth-order valence-corrected chi connectivity index (χ4v) is 8.13. The van der Waals surface area contributed by atoms with Crippen LogP contribution in [0.1, 0.15) is 271 Å². The predicted octanol–water partition coefficient (Wildman–Crippen LogP) is 20.8. The normalized spacial score (nSPS) is 13.0. The van der Waals surface area contributed by atoms with E-state index >= 15 is 0 Å². The average Bonchev–Trinajstić information content (AvgIpc) is 3.40. The van der Waals surface area contributed by atoms with Crippen LogP contribution in [0.3, 0.4) is 0 Å². The molecule has 0 aromatic carbocycles. The molecule has 0 aliphatic rings. The third-order valence-corrected chi connectivity index (χ3v) is 12.7. The van der Waals surface area contributed by atoms with Crippen LogP contribution in [0.15, 0.2) is 122 Å². The van der Waals surface area contributed by atoms with Crippen molar-refractivity contribution in [3.8, 4) is 0 Å². The maximum absolute atomic E-state index is 12.8. The summed E-state index contributed by atoms with van der Waals surface area (Å²) in [5, 5.41) is 0. The molecule has 1 unspecified atom stereocenters. The Morgan fingerprint density at radius 2 is 0.527 bits per heavy atom. The quantitative estimate of drug-likeness (QED) is 0.0261. The molecule has 0 bridgehead atoms. The number of esters is 3. The lowest BCUT2D eigenvalue weighted by Gasteiger charge is -2.18. The minimum atomic E-state index is -0.794. The van der Waals surface area contributed by atoms with Gasteiger partial charge in [0.05, 0.1) is 0 Å². The van der Waals surface area contributed by atoms with E-state index in [4.69, 9.17) is 14.2 Å². The van der Waals surface area contributed by atoms with Crippen LogP contribution >= 0.6 is 0 Å². The minimum absolute atomic E-state index is 0.0909. The maximum Gasteiger partial charge on any atom is 0.306 e. The molecule has 0 N–H and O–H groups in total. The van der Waals surface area contributed by atoms with Crippen molar-refractivity contribution in [2.24, 2.45) is 0 Å². The molecule has 0 spiro atoms. The molecule has 0 aromatic heterocycles. The fraction of sp³-hybridized carbons (Fsp3) is 0.662. The Balaban J connectivity index is 4.28. The van der Waals surface area contributed by atoms with Crippen LogP contribution in [0.25, 0.3) is 0 Å². The SMILES string of the molecule is CC/C=C\C/C=C\C/C=C\C/C=C\C/C=C\C/C=C\C/C=C\C/C=C\C/C=C\CCCCCC(=O)OCC(COC(=O)CCCCCCCCCC)OC(=O)CCCCCCCCC/C=C\CCCCCCCC. The molecular weight excluding hydrogens is 913 g/mol. The fourth-order valence-electron chi connectivity index (χ4n) is 8.13. The Bertz CT molecular complexity index is 1550. The van der Waals surface area contributed by atoms with Gasteiger partial charge in [0.25, 0.3) is 0 Å². The topological polar surface area (TPSA) is 78.9 Å². The van der Waals surface area contributed by atoms with Crippen molar-refractivity contribution in [2.75, 3.05) is 13.2 Å². The number of allylic oxidation sites excluding steroid dienone is 20. The number of ether oxygens (including phenoxy) is 3. The summed E-state index contributed by atoms with van der Waals surface area (Å²) in [6.45, 7) is 6.46. The molecule has 0 aromatic rings. The summed E-state index contributed by atoms with van der Waals surface area (Å²) in [5.41, 5.74) is 0. The molecule has 0 amide bonds. The molecule has 420 valence electrons. The lowest BCUT2D eigenvalue weighted by Crippen LogP contribution is -2.30. The highest BCUT2D eigenvalue weighted by atomic mass is 16.6. The van der Waals surface area contributed by atoms with E-state index in [0.717, 1.165) is 122 Å². The molecule has 0 radical (unpaired) electrons. The lowest BCUT2D eigenvalue weighted by atomic mass is 10.1. The molecule has 6 heteroatoms. The van der Waals surface area contributed by atoms with Gasteiger partial charge in [0.2, 0.25) is 0 Å². The van der Waals surface area contributed by atoms with E-state index in [1.807, 2.05) is 0 Å². The molecule has 0 saturated heterocycles. The Kier molecular flexibility index (Phi) is 57.9. The van der Waals surface area contributed by atoms with E-state index in [1.54, 1.807) is 0 Å². The maximum atomic E-state index is 12.8. The summed E-state index contributed by atoms with van der Waals surface area (Å²) in [5.74, 6) is -0.934.